The predicted octanol–water partition coefficient (Wildman–Crippen LogP) is 6.28. The number of hydrogen-bond donors (Lipinski definition) is 0. The van der Waals surface area contributed by atoms with Gasteiger partial charge < -0.3 is 0 Å². The fourth-order valence-electron chi connectivity index (χ4n) is 1.70. The fraction of sp³-hybridized carbons (Fsp3) is 0.200. The lowest BCUT2D eigenvalue weighted by Crippen LogP contribution is -2.06. The van der Waals surface area contributed by atoms with Crippen molar-refractivity contribution in [2.75, 3.05) is 0 Å². The van der Waals surface area contributed by atoms with E-state index in [2.05, 4.69) is 0 Å². The van der Waals surface area contributed by atoms with E-state index in [0.29, 0.717) is 13.8 Å². The zero-order valence-corrected chi connectivity index (χ0v) is 12.1. The Kier molecular flexibility index (Phi) is 5.74. The summed E-state index contributed by atoms with van der Waals surface area (Å²) in [6.45, 7) is 2.05. The maximum Gasteiger partial charge on any atom is 0.169 e. The summed E-state index contributed by atoms with van der Waals surface area (Å²) in [6, 6.07) is 0. The third-order valence-corrected chi connectivity index (χ3v) is 3.16. The van der Waals surface area contributed by atoms with Crippen molar-refractivity contribution in [3.8, 4) is 0 Å². The SMILES string of the molecule is C\C(=C(F)/C(F)=C(C)\C(F)=C\F)c1c(F)c(F)c(C)c(F)c1F. The third-order valence-electron chi connectivity index (χ3n) is 3.16. The Labute approximate surface area is 126 Å². The van der Waals surface area contributed by atoms with Crippen LogP contribution in [0.5, 0.6) is 0 Å². The molecule has 0 saturated carbocycles. The van der Waals surface area contributed by atoms with E-state index in [0.717, 1.165) is 6.92 Å². The van der Waals surface area contributed by atoms with Crippen LogP contribution in [-0.2, 0) is 0 Å². The highest BCUT2D eigenvalue weighted by molar-refractivity contribution is 5.70. The summed E-state index contributed by atoms with van der Waals surface area (Å²) >= 11 is 0. The van der Waals surface area contributed by atoms with E-state index in [4.69, 9.17) is 0 Å². The molecule has 0 unspecified atom stereocenters. The maximum absolute atomic E-state index is 13.9. The van der Waals surface area contributed by atoms with Crippen LogP contribution in [-0.4, -0.2) is 0 Å². The molecule has 1 rings (SSSR count). The lowest BCUT2D eigenvalue weighted by molar-refractivity contribution is 0.440. The standard InChI is InChI=1S/C15H10F8/c1-5(8(17)4-16)10(18)11(19)6(2)9-14(22)12(20)7(3)13(21)15(9)23/h4H,1-3H3/b8-4-,10-5+,11-6-. The van der Waals surface area contributed by atoms with Crippen molar-refractivity contribution in [1.82, 2.24) is 0 Å². The second-order valence-electron chi connectivity index (χ2n) is 4.59. The van der Waals surface area contributed by atoms with Crippen LogP contribution in [0.4, 0.5) is 35.1 Å². The molecule has 0 amide bonds. The Balaban J connectivity index is 3.72. The van der Waals surface area contributed by atoms with Crippen LogP contribution in [0.15, 0.2) is 29.4 Å². The van der Waals surface area contributed by atoms with Crippen LogP contribution in [0.3, 0.4) is 0 Å². The highest BCUT2D eigenvalue weighted by Crippen LogP contribution is 2.34. The quantitative estimate of drug-likeness (QED) is 0.345. The highest BCUT2D eigenvalue weighted by atomic mass is 19.2. The smallest absolute Gasteiger partial charge is 0.169 e. The molecule has 0 spiro atoms. The van der Waals surface area contributed by atoms with Gasteiger partial charge in [0.25, 0.3) is 0 Å². The molecule has 0 radical (unpaired) electrons. The Morgan fingerprint density at radius 2 is 1.22 bits per heavy atom. The summed E-state index contributed by atoms with van der Waals surface area (Å²) in [4.78, 5) is 0. The summed E-state index contributed by atoms with van der Waals surface area (Å²) in [5.74, 6) is -13.1. The molecule has 8 heteroatoms. The van der Waals surface area contributed by atoms with Crippen molar-refractivity contribution in [3.05, 3.63) is 63.8 Å². The van der Waals surface area contributed by atoms with E-state index in [1.54, 1.807) is 0 Å². The Morgan fingerprint density at radius 3 is 1.61 bits per heavy atom. The van der Waals surface area contributed by atoms with Crippen molar-refractivity contribution in [3.63, 3.8) is 0 Å². The molecule has 126 valence electrons. The molecular weight excluding hydrogens is 332 g/mol. The topological polar surface area (TPSA) is 0 Å². The van der Waals surface area contributed by atoms with Gasteiger partial charge in [0, 0.05) is 16.7 Å². The van der Waals surface area contributed by atoms with Gasteiger partial charge in [-0.25, -0.2) is 35.1 Å². The van der Waals surface area contributed by atoms with Crippen molar-refractivity contribution >= 4 is 5.57 Å². The second kappa shape index (κ2) is 6.97. The van der Waals surface area contributed by atoms with Crippen LogP contribution in [0.25, 0.3) is 5.57 Å². The van der Waals surface area contributed by atoms with Crippen molar-refractivity contribution < 1.29 is 35.1 Å². The average molecular weight is 342 g/mol. The molecule has 0 atom stereocenters. The van der Waals surface area contributed by atoms with Crippen LogP contribution in [0, 0.1) is 30.2 Å². The van der Waals surface area contributed by atoms with E-state index in [1.165, 1.54) is 0 Å². The zero-order valence-electron chi connectivity index (χ0n) is 12.1. The second-order valence-corrected chi connectivity index (χ2v) is 4.59. The molecule has 23 heavy (non-hydrogen) atoms. The highest BCUT2D eigenvalue weighted by Gasteiger charge is 2.27. The molecule has 0 heterocycles. The Hall–Kier alpha value is -2.12. The molecule has 1 aromatic carbocycles. The molecular formula is C15H10F8. The summed E-state index contributed by atoms with van der Waals surface area (Å²) in [5, 5.41) is 0. The van der Waals surface area contributed by atoms with Gasteiger partial charge >= 0.3 is 0 Å². The lowest BCUT2D eigenvalue weighted by Gasteiger charge is -2.11. The maximum atomic E-state index is 13.9. The fourth-order valence-corrected chi connectivity index (χ4v) is 1.70. The Morgan fingerprint density at radius 1 is 0.783 bits per heavy atom. The molecule has 1 aromatic rings. The molecule has 0 saturated heterocycles. The van der Waals surface area contributed by atoms with Gasteiger partial charge in [0.2, 0.25) is 0 Å². The van der Waals surface area contributed by atoms with Crippen LogP contribution in [0.1, 0.15) is 25.0 Å². The monoisotopic (exact) mass is 342 g/mol. The van der Waals surface area contributed by atoms with Gasteiger partial charge in [-0.3, -0.25) is 0 Å². The largest absolute Gasteiger partial charge is 0.212 e. The number of halogens is 8. The average Bonchev–Trinajstić information content (AvgIpc) is 2.55. The first-order chi connectivity index (χ1) is 10.6. The van der Waals surface area contributed by atoms with Gasteiger partial charge in [0.05, 0.1) is 5.56 Å². The van der Waals surface area contributed by atoms with Gasteiger partial charge in [-0.15, -0.1) is 0 Å². The number of rotatable bonds is 3. The van der Waals surface area contributed by atoms with Crippen LogP contribution >= 0.6 is 0 Å². The van der Waals surface area contributed by atoms with Gasteiger partial charge in [0.15, 0.2) is 40.7 Å². The predicted molar refractivity (Wildman–Crippen MR) is 68.8 cm³/mol. The van der Waals surface area contributed by atoms with Crippen LogP contribution in [0.2, 0.25) is 0 Å². The molecule has 0 aliphatic heterocycles. The van der Waals surface area contributed by atoms with E-state index >= 15 is 0 Å². The molecule has 0 fully saturated rings. The minimum Gasteiger partial charge on any atom is -0.212 e. The molecule has 0 aromatic heterocycles. The molecule has 0 aliphatic rings. The van der Waals surface area contributed by atoms with E-state index in [9.17, 15) is 35.1 Å². The first-order valence-electron chi connectivity index (χ1n) is 6.08. The third kappa shape index (κ3) is 3.30. The number of allylic oxidation sites excluding steroid dienone is 5. The van der Waals surface area contributed by atoms with Crippen LogP contribution < -0.4 is 0 Å². The van der Waals surface area contributed by atoms with E-state index < -0.39 is 69.4 Å². The molecule has 0 nitrogen and oxygen atoms in total. The Bertz CT molecular complexity index is 711. The molecule has 0 aliphatic carbocycles. The summed E-state index contributed by atoms with van der Waals surface area (Å²) < 4.78 is 107. The summed E-state index contributed by atoms with van der Waals surface area (Å²) in [5.41, 5.74) is -4.73. The van der Waals surface area contributed by atoms with Gasteiger partial charge in [-0.1, -0.05) is 0 Å². The van der Waals surface area contributed by atoms with Crippen molar-refractivity contribution in [1.29, 1.82) is 0 Å². The van der Waals surface area contributed by atoms with Gasteiger partial charge in [-0.2, -0.15) is 0 Å². The van der Waals surface area contributed by atoms with E-state index in [1.807, 2.05) is 0 Å². The summed E-state index contributed by atoms with van der Waals surface area (Å²) in [6.07, 6.45) is -0.649. The summed E-state index contributed by atoms with van der Waals surface area (Å²) in [7, 11) is 0. The first kappa shape index (κ1) is 18.9. The minimum atomic E-state index is -1.99. The normalized spacial score (nSPS) is 14.7. The lowest BCUT2D eigenvalue weighted by atomic mass is 10.0. The minimum absolute atomic E-state index is 0.634. The number of hydrogen-bond acceptors (Lipinski definition) is 0. The molecule has 0 bridgehead atoms. The zero-order chi connectivity index (χ0) is 18.1. The molecule has 0 N–H and O–H groups in total. The van der Waals surface area contributed by atoms with Crippen molar-refractivity contribution in [2.24, 2.45) is 0 Å². The van der Waals surface area contributed by atoms with Gasteiger partial charge in [0.1, 0.15) is 6.33 Å². The van der Waals surface area contributed by atoms with E-state index in [-0.39, 0.29) is 0 Å². The first-order valence-corrected chi connectivity index (χ1v) is 6.08. The van der Waals surface area contributed by atoms with Crippen molar-refractivity contribution in [2.45, 2.75) is 20.8 Å². The number of benzene rings is 1. The van der Waals surface area contributed by atoms with Gasteiger partial charge in [-0.05, 0) is 20.8 Å².